The molecule has 0 amide bonds. The SMILES string of the molecule is CCOc1nccc(C)c1-c1cc(Oc2ccccc2)nc(NS(=O)(=O)c2ccccc2)n1. The van der Waals surface area contributed by atoms with Crippen molar-refractivity contribution in [1.82, 2.24) is 15.0 Å². The molecule has 0 aliphatic carbocycles. The summed E-state index contributed by atoms with van der Waals surface area (Å²) in [5, 5.41) is 0. The molecule has 0 saturated heterocycles. The van der Waals surface area contributed by atoms with Gasteiger partial charge in [0.15, 0.2) is 0 Å². The van der Waals surface area contributed by atoms with Gasteiger partial charge in [0.1, 0.15) is 5.75 Å². The number of ether oxygens (including phenoxy) is 2. The maximum absolute atomic E-state index is 12.9. The molecule has 8 nitrogen and oxygen atoms in total. The number of aromatic nitrogens is 3. The number of hydrogen-bond donors (Lipinski definition) is 1. The van der Waals surface area contributed by atoms with Crippen LogP contribution in [-0.2, 0) is 10.0 Å². The summed E-state index contributed by atoms with van der Waals surface area (Å²) in [6, 6.07) is 20.5. The molecule has 1 N–H and O–H groups in total. The molecule has 2 aromatic heterocycles. The second-order valence-electron chi connectivity index (χ2n) is 6.99. The number of anilines is 1. The Bertz CT molecular complexity index is 1350. The summed E-state index contributed by atoms with van der Waals surface area (Å²) in [5.74, 6) is 0.973. The number of para-hydroxylation sites is 1. The van der Waals surface area contributed by atoms with Crippen LogP contribution in [0.2, 0.25) is 0 Å². The minimum atomic E-state index is -3.91. The minimum Gasteiger partial charge on any atom is -0.477 e. The zero-order chi connectivity index (χ0) is 23.3. The number of rotatable bonds is 8. The monoisotopic (exact) mass is 462 g/mol. The van der Waals surface area contributed by atoms with Crippen molar-refractivity contribution in [3.8, 4) is 28.8 Å². The highest BCUT2D eigenvalue weighted by molar-refractivity contribution is 7.92. The van der Waals surface area contributed by atoms with Crippen LogP contribution in [0.1, 0.15) is 12.5 Å². The summed E-state index contributed by atoms with van der Waals surface area (Å²) >= 11 is 0. The molecule has 9 heteroatoms. The third-order valence-electron chi connectivity index (χ3n) is 4.61. The first-order valence-corrected chi connectivity index (χ1v) is 11.7. The molecule has 0 atom stereocenters. The van der Waals surface area contributed by atoms with Gasteiger partial charge in [0.2, 0.25) is 17.7 Å². The number of pyridine rings is 1. The molecule has 0 aliphatic heterocycles. The highest BCUT2D eigenvalue weighted by Crippen LogP contribution is 2.33. The Hall–Kier alpha value is -3.98. The first-order chi connectivity index (χ1) is 16.0. The number of benzene rings is 2. The van der Waals surface area contributed by atoms with Crippen LogP contribution in [-0.4, -0.2) is 30.0 Å². The number of nitrogens with one attached hydrogen (secondary N) is 1. The van der Waals surface area contributed by atoms with Gasteiger partial charge in [0, 0.05) is 12.3 Å². The summed E-state index contributed by atoms with van der Waals surface area (Å²) < 4.78 is 39.8. The van der Waals surface area contributed by atoms with Gasteiger partial charge in [-0.05, 0) is 49.7 Å². The van der Waals surface area contributed by atoms with E-state index in [-0.39, 0.29) is 16.7 Å². The fraction of sp³-hybridized carbons (Fsp3) is 0.125. The van der Waals surface area contributed by atoms with Gasteiger partial charge in [-0.25, -0.2) is 23.1 Å². The Morgan fingerprint density at radius 2 is 1.64 bits per heavy atom. The fourth-order valence-electron chi connectivity index (χ4n) is 3.13. The van der Waals surface area contributed by atoms with Gasteiger partial charge >= 0.3 is 0 Å². The smallest absolute Gasteiger partial charge is 0.264 e. The van der Waals surface area contributed by atoms with Crippen LogP contribution in [0.4, 0.5) is 5.95 Å². The maximum atomic E-state index is 12.9. The maximum Gasteiger partial charge on any atom is 0.264 e. The van der Waals surface area contributed by atoms with Gasteiger partial charge in [0.05, 0.1) is 22.8 Å². The van der Waals surface area contributed by atoms with Gasteiger partial charge in [-0.3, -0.25) is 0 Å². The summed E-state index contributed by atoms with van der Waals surface area (Å²) in [6.07, 6.45) is 1.64. The molecule has 33 heavy (non-hydrogen) atoms. The van der Waals surface area contributed by atoms with Crippen LogP contribution in [0.25, 0.3) is 11.3 Å². The average Bonchev–Trinajstić information content (AvgIpc) is 2.80. The van der Waals surface area contributed by atoms with Crippen molar-refractivity contribution in [2.24, 2.45) is 0 Å². The number of nitrogens with zero attached hydrogens (tertiary/aromatic N) is 3. The van der Waals surface area contributed by atoms with E-state index in [1.165, 1.54) is 12.1 Å². The van der Waals surface area contributed by atoms with Crippen LogP contribution < -0.4 is 14.2 Å². The Labute approximate surface area is 192 Å². The van der Waals surface area contributed by atoms with Gasteiger partial charge in [-0.1, -0.05) is 36.4 Å². The Kier molecular flexibility index (Phi) is 6.50. The first-order valence-electron chi connectivity index (χ1n) is 10.2. The molecule has 0 bridgehead atoms. The second kappa shape index (κ2) is 9.66. The Morgan fingerprint density at radius 3 is 2.33 bits per heavy atom. The van der Waals surface area contributed by atoms with E-state index in [0.29, 0.717) is 29.5 Å². The molecule has 0 unspecified atom stereocenters. The zero-order valence-electron chi connectivity index (χ0n) is 18.1. The summed E-state index contributed by atoms with van der Waals surface area (Å²) in [7, 11) is -3.91. The molecule has 2 aromatic carbocycles. The molecule has 4 rings (SSSR count). The van der Waals surface area contributed by atoms with Crippen molar-refractivity contribution in [3.63, 3.8) is 0 Å². The fourth-order valence-corrected chi connectivity index (χ4v) is 4.09. The van der Waals surface area contributed by atoms with E-state index in [0.717, 1.165) is 5.56 Å². The standard InChI is InChI=1S/C24H22N4O4S/c1-3-31-23-22(17(2)14-15-25-23)20-16-21(32-18-10-6-4-7-11-18)27-24(26-20)28-33(29,30)19-12-8-5-9-13-19/h4-16H,3H2,1-2H3,(H,26,27,28). The number of sulfonamides is 1. The van der Waals surface area contributed by atoms with Crippen molar-refractivity contribution in [2.45, 2.75) is 18.7 Å². The van der Waals surface area contributed by atoms with E-state index < -0.39 is 10.0 Å². The lowest BCUT2D eigenvalue weighted by Crippen LogP contribution is -2.15. The van der Waals surface area contributed by atoms with E-state index in [1.807, 2.05) is 38.1 Å². The molecule has 0 radical (unpaired) electrons. The third kappa shape index (κ3) is 5.27. The zero-order valence-corrected chi connectivity index (χ0v) is 18.9. The van der Waals surface area contributed by atoms with Crippen LogP contribution in [0.3, 0.4) is 0 Å². The highest BCUT2D eigenvalue weighted by Gasteiger charge is 2.20. The summed E-state index contributed by atoms with van der Waals surface area (Å²) in [6.45, 7) is 4.17. The molecule has 2 heterocycles. The predicted octanol–water partition coefficient (Wildman–Crippen LogP) is 4.84. The highest BCUT2D eigenvalue weighted by atomic mass is 32.2. The quantitative estimate of drug-likeness (QED) is 0.400. The van der Waals surface area contributed by atoms with Crippen molar-refractivity contribution in [3.05, 3.63) is 84.6 Å². The molecule has 4 aromatic rings. The molecule has 0 spiro atoms. The topological polar surface area (TPSA) is 103 Å². The van der Waals surface area contributed by atoms with E-state index in [9.17, 15) is 8.42 Å². The minimum absolute atomic E-state index is 0.0945. The van der Waals surface area contributed by atoms with Crippen LogP contribution >= 0.6 is 0 Å². The molecular weight excluding hydrogens is 440 g/mol. The average molecular weight is 463 g/mol. The van der Waals surface area contributed by atoms with Crippen molar-refractivity contribution in [1.29, 1.82) is 0 Å². The molecule has 0 fully saturated rings. The van der Waals surface area contributed by atoms with E-state index in [2.05, 4.69) is 19.7 Å². The van der Waals surface area contributed by atoms with Crippen molar-refractivity contribution in [2.75, 3.05) is 11.3 Å². The largest absolute Gasteiger partial charge is 0.477 e. The predicted molar refractivity (Wildman–Crippen MR) is 125 cm³/mol. The van der Waals surface area contributed by atoms with Crippen LogP contribution in [0.15, 0.2) is 83.9 Å². The van der Waals surface area contributed by atoms with Gasteiger partial charge in [-0.15, -0.1) is 0 Å². The van der Waals surface area contributed by atoms with E-state index >= 15 is 0 Å². The summed E-state index contributed by atoms with van der Waals surface area (Å²) in [5.41, 5.74) is 1.89. The first kappa shape index (κ1) is 22.2. The molecule has 0 saturated carbocycles. The van der Waals surface area contributed by atoms with Gasteiger partial charge in [-0.2, -0.15) is 4.98 Å². The van der Waals surface area contributed by atoms with Gasteiger partial charge < -0.3 is 9.47 Å². The Morgan fingerprint density at radius 1 is 0.939 bits per heavy atom. The lowest BCUT2D eigenvalue weighted by Gasteiger charge is -2.14. The Balaban J connectivity index is 1.81. The van der Waals surface area contributed by atoms with E-state index in [1.54, 1.807) is 42.6 Å². The van der Waals surface area contributed by atoms with E-state index in [4.69, 9.17) is 9.47 Å². The lowest BCUT2D eigenvalue weighted by molar-refractivity contribution is 0.328. The summed E-state index contributed by atoms with van der Waals surface area (Å²) in [4.78, 5) is 13.1. The van der Waals surface area contributed by atoms with Crippen LogP contribution in [0.5, 0.6) is 17.5 Å². The normalized spacial score (nSPS) is 11.1. The number of aryl methyl sites for hydroxylation is 1. The van der Waals surface area contributed by atoms with Gasteiger partial charge in [0.25, 0.3) is 10.0 Å². The van der Waals surface area contributed by atoms with Crippen molar-refractivity contribution < 1.29 is 17.9 Å². The van der Waals surface area contributed by atoms with Crippen LogP contribution in [0, 0.1) is 6.92 Å². The molecule has 0 aliphatic rings. The van der Waals surface area contributed by atoms with Crippen molar-refractivity contribution >= 4 is 16.0 Å². The second-order valence-corrected chi connectivity index (χ2v) is 8.67. The molecular formula is C24H22N4O4S. The molecule has 168 valence electrons. The lowest BCUT2D eigenvalue weighted by atomic mass is 10.1. The number of hydrogen-bond acceptors (Lipinski definition) is 7. The third-order valence-corrected chi connectivity index (χ3v) is 5.95.